The standard InChI is InChI=1S/2C10H9BrClN5O4S2/c11-7-4-14-10(12)16-9(7)13-1-2-15-23(20,21)8-3-6(5-22-8)17(18)19;11-6-5-14-10(12)16-9(6)13-3-4-15-23(20,21)8-2-1-7(22-8)17(18)19/h3-5,15H,1-2H2,(H,13,14,16);1-2,5,15H,3-4H2,(H,13,14,16). The predicted octanol–water partition coefficient (Wildman–Crippen LogP) is 4.51. The largest absolute Gasteiger partial charge is 0.368 e. The second kappa shape index (κ2) is 16.9. The van der Waals surface area contributed by atoms with Gasteiger partial charge in [0.1, 0.15) is 20.1 Å². The summed E-state index contributed by atoms with van der Waals surface area (Å²) in [6.45, 7) is 0.585. The molecule has 26 heteroatoms. The first kappa shape index (κ1) is 37.8. The van der Waals surface area contributed by atoms with Gasteiger partial charge >= 0.3 is 5.00 Å². The molecular formula is C20H18Br2Cl2N10O8S4. The maximum Gasteiger partial charge on any atom is 0.325 e. The highest BCUT2D eigenvalue weighted by molar-refractivity contribution is 9.11. The minimum atomic E-state index is -3.79. The van der Waals surface area contributed by atoms with E-state index in [0.29, 0.717) is 31.9 Å². The lowest BCUT2D eigenvalue weighted by Gasteiger charge is -2.08. The minimum Gasteiger partial charge on any atom is -0.368 e. The molecule has 0 amide bonds. The molecule has 4 N–H and O–H groups in total. The second-order valence-corrected chi connectivity index (χ2v) is 16.4. The maximum absolute atomic E-state index is 12.0. The van der Waals surface area contributed by atoms with Crippen LogP contribution in [0, 0.1) is 20.2 Å². The van der Waals surface area contributed by atoms with Gasteiger partial charge in [0.15, 0.2) is 0 Å². The van der Waals surface area contributed by atoms with Crippen LogP contribution in [-0.4, -0.2) is 72.8 Å². The summed E-state index contributed by atoms with van der Waals surface area (Å²) in [5.41, 5.74) is -0.256. The third kappa shape index (κ3) is 11.2. The van der Waals surface area contributed by atoms with Crippen molar-refractivity contribution in [3.8, 4) is 0 Å². The summed E-state index contributed by atoms with van der Waals surface area (Å²) >= 11 is 19.2. The lowest BCUT2D eigenvalue weighted by Crippen LogP contribution is -2.28. The van der Waals surface area contributed by atoms with Gasteiger partial charge in [-0.1, -0.05) is 0 Å². The molecule has 18 nitrogen and oxygen atoms in total. The first-order valence-electron chi connectivity index (χ1n) is 11.9. The van der Waals surface area contributed by atoms with Crippen molar-refractivity contribution in [3.05, 3.63) is 75.7 Å². The zero-order valence-electron chi connectivity index (χ0n) is 22.4. The van der Waals surface area contributed by atoms with Crippen molar-refractivity contribution in [2.45, 2.75) is 8.42 Å². The van der Waals surface area contributed by atoms with Gasteiger partial charge in [0.25, 0.3) is 5.69 Å². The molecule has 0 saturated carbocycles. The smallest absolute Gasteiger partial charge is 0.325 e. The Morgan fingerprint density at radius 1 is 0.783 bits per heavy atom. The first-order valence-corrected chi connectivity index (χ1v) is 18.9. The molecule has 0 bridgehead atoms. The number of anilines is 2. The molecule has 0 unspecified atom stereocenters. The van der Waals surface area contributed by atoms with Crippen molar-refractivity contribution >= 4 is 120 Å². The molecule has 4 rings (SSSR count). The van der Waals surface area contributed by atoms with Crippen LogP contribution in [0.2, 0.25) is 10.6 Å². The third-order valence-electron chi connectivity index (χ3n) is 4.90. The van der Waals surface area contributed by atoms with Crippen molar-refractivity contribution in [3.63, 3.8) is 0 Å². The number of sulfonamides is 2. The molecule has 4 aromatic rings. The molecule has 0 saturated heterocycles. The lowest BCUT2D eigenvalue weighted by atomic mass is 10.5. The van der Waals surface area contributed by atoms with Crippen LogP contribution in [0.1, 0.15) is 0 Å². The van der Waals surface area contributed by atoms with E-state index in [2.05, 4.69) is 71.9 Å². The van der Waals surface area contributed by atoms with Gasteiger partial charge < -0.3 is 10.6 Å². The fourth-order valence-corrected chi connectivity index (χ4v) is 8.22. The number of halogens is 4. The highest BCUT2D eigenvalue weighted by atomic mass is 79.9. The van der Waals surface area contributed by atoms with Crippen LogP contribution < -0.4 is 20.1 Å². The summed E-state index contributed by atoms with van der Waals surface area (Å²) in [4.78, 5) is 35.3. The zero-order valence-corrected chi connectivity index (χ0v) is 30.3. The van der Waals surface area contributed by atoms with E-state index in [1.54, 1.807) is 0 Å². The number of aromatic nitrogens is 4. The molecule has 0 aliphatic rings. The minimum absolute atomic E-state index is 0.0576. The van der Waals surface area contributed by atoms with Crippen molar-refractivity contribution in [1.29, 1.82) is 0 Å². The molecule has 248 valence electrons. The monoisotopic (exact) mass is 882 g/mol. The summed E-state index contributed by atoms with van der Waals surface area (Å²) < 4.78 is 53.6. The molecule has 0 aliphatic heterocycles. The van der Waals surface area contributed by atoms with Gasteiger partial charge in [-0.05, 0) is 72.5 Å². The van der Waals surface area contributed by atoms with Crippen LogP contribution in [0.25, 0.3) is 0 Å². The summed E-state index contributed by atoms with van der Waals surface area (Å²) in [6.07, 6.45) is 2.93. The molecule has 0 atom stereocenters. The number of hydrogen-bond acceptors (Lipinski definition) is 16. The van der Waals surface area contributed by atoms with Gasteiger partial charge in [-0.15, -0.1) is 11.3 Å². The van der Waals surface area contributed by atoms with E-state index in [1.165, 1.54) is 23.8 Å². The van der Waals surface area contributed by atoms with E-state index in [4.69, 9.17) is 23.2 Å². The Morgan fingerprint density at radius 2 is 1.28 bits per heavy atom. The Hall–Kier alpha value is -2.68. The number of thiophene rings is 2. The number of nitrogens with zero attached hydrogens (tertiary/aromatic N) is 6. The van der Waals surface area contributed by atoms with Gasteiger partial charge in [0.05, 0.1) is 24.2 Å². The topological polar surface area (TPSA) is 254 Å². The van der Waals surface area contributed by atoms with Crippen LogP contribution in [0.4, 0.5) is 22.3 Å². The Morgan fingerprint density at radius 3 is 1.72 bits per heavy atom. The zero-order chi connectivity index (χ0) is 34.1. The number of hydrogen-bond donors (Lipinski definition) is 4. The van der Waals surface area contributed by atoms with E-state index >= 15 is 0 Å². The van der Waals surface area contributed by atoms with Gasteiger partial charge in [0, 0.05) is 50.7 Å². The predicted molar refractivity (Wildman–Crippen MR) is 179 cm³/mol. The number of rotatable bonds is 14. The molecule has 4 aromatic heterocycles. The van der Waals surface area contributed by atoms with E-state index in [-0.39, 0.29) is 55.9 Å². The Kier molecular flexibility index (Phi) is 13.9. The molecule has 0 aliphatic carbocycles. The molecule has 4 heterocycles. The van der Waals surface area contributed by atoms with Crippen LogP contribution in [0.5, 0.6) is 0 Å². The van der Waals surface area contributed by atoms with Crippen LogP contribution >= 0.6 is 77.7 Å². The van der Waals surface area contributed by atoms with Gasteiger partial charge in [-0.3, -0.25) is 20.2 Å². The SMILES string of the molecule is O=[N+]([O-])c1ccc(S(=O)(=O)NCCNc2nc(Cl)ncc2Br)s1.O=[N+]([O-])c1csc(S(=O)(=O)NCCNc2nc(Cl)ncc2Br)c1. The average Bonchev–Trinajstić information content (AvgIpc) is 3.69. The maximum atomic E-state index is 12.0. The molecule has 46 heavy (non-hydrogen) atoms. The normalized spacial score (nSPS) is 11.4. The van der Waals surface area contributed by atoms with Crippen molar-refractivity contribution in [1.82, 2.24) is 29.4 Å². The summed E-state index contributed by atoms with van der Waals surface area (Å²) in [5, 5.41) is 28.0. The van der Waals surface area contributed by atoms with E-state index in [0.717, 1.165) is 23.5 Å². The Labute approximate surface area is 295 Å². The first-order chi connectivity index (χ1) is 21.6. The average molecular weight is 885 g/mol. The third-order valence-corrected chi connectivity index (χ3v) is 12.3. The van der Waals surface area contributed by atoms with Gasteiger partial charge in [0.2, 0.25) is 30.6 Å². The fraction of sp³-hybridized carbons (Fsp3) is 0.200. The highest BCUT2D eigenvalue weighted by Crippen LogP contribution is 2.28. The molecule has 0 spiro atoms. The number of nitrogens with one attached hydrogen (secondary N) is 4. The van der Waals surface area contributed by atoms with Crippen molar-refractivity contribution in [2.75, 3.05) is 36.8 Å². The van der Waals surface area contributed by atoms with Gasteiger partial charge in [-0.25, -0.2) is 36.2 Å². The Balaban J connectivity index is 0.000000250. The quantitative estimate of drug-likeness (QED) is 0.0589. The van der Waals surface area contributed by atoms with E-state index in [9.17, 15) is 37.1 Å². The lowest BCUT2D eigenvalue weighted by molar-refractivity contribution is -0.384. The summed E-state index contributed by atoms with van der Waals surface area (Å²) in [6, 6.07) is 3.36. The number of nitro groups is 2. The van der Waals surface area contributed by atoms with Crippen molar-refractivity contribution in [2.24, 2.45) is 0 Å². The molecule has 0 radical (unpaired) electrons. The molecular weight excluding hydrogens is 867 g/mol. The summed E-state index contributed by atoms with van der Waals surface area (Å²) in [7, 11) is -7.58. The van der Waals surface area contributed by atoms with Crippen LogP contribution in [0.15, 0.2) is 53.3 Å². The van der Waals surface area contributed by atoms with Crippen LogP contribution in [-0.2, 0) is 20.0 Å². The molecule has 0 fully saturated rings. The highest BCUT2D eigenvalue weighted by Gasteiger charge is 2.21. The van der Waals surface area contributed by atoms with Crippen molar-refractivity contribution < 1.29 is 26.7 Å². The Bertz CT molecular complexity index is 1790. The molecule has 0 aromatic carbocycles. The van der Waals surface area contributed by atoms with E-state index in [1.807, 2.05) is 0 Å². The van der Waals surface area contributed by atoms with E-state index < -0.39 is 29.9 Å². The fourth-order valence-electron chi connectivity index (χ4n) is 2.91. The summed E-state index contributed by atoms with van der Waals surface area (Å²) in [5.74, 6) is 0.854. The van der Waals surface area contributed by atoms with Gasteiger partial charge in [-0.2, -0.15) is 9.97 Å². The van der Waals surface area contributed by atoms with Crippen LogP contribution in [0.3, 0.4) is 0 Å². The second-order valence-electron chi connectivity index (χ2n) is 8.05.